The van der Waals surface area contributed by atoms with Crippen LogP contribution in [0.25, 0.3) is 0 Å². The fourth-order valence-corrected chi connectivity index (χ4v) is 2.81. The van der Waals surface area contributed by atoms with Crippen molar-refractivity contribution in [3.8, 4) is 0 Å². The Morgan fingerprint density at radius 1 is 1.30 bits per heavy atom. The Hall–Kier alpha value is -0.950. The highest BCUT2D eigenvalue weighted by atomic mass is 32.2. The highest BCUT2D eigenvalue weighted by Crippen LogP contribution is 2.13. The zero-order valence-corrected chi connectivity index (χ0v) is 13.0. The van der Waals surface area contributed by atoms with Crippen LogP contribution in [0.1, 0.15) is 25.8 Å². The summed E-state index contributed by atoms with van der Waals surface area (Å²) in [6, 6.07) is 6.73. The Labute approximate surface area is 121 Å². The molecule has 0 fully saturated rings. The fraction of sp³-hybridized carbons (Fsp3) is 0.571. The second kappa shape index (κ2) is 7.17. The van der Waals surface area contributed by atoms with Crippen molar-refractivity contribution in [3.05, 3.63) is 29.8 Å². The molecular formula is C14H23NO4S. The smallest absolute Gasteiger partial charge is 0.240 e. The zero-order valence-electron chi connectivity index (χ0n) is 12.2. The number of aliphatic hydroxyl groups is 1. The number of sulfonamides is 1. The van der Waals surface area contributed by atoms with Crippen LogP contribution < -0.4 is 4.72 Å². The fourth-order valence-electron chi connectivity index (χ4n) is 1.65. The van der Waals surface area contributed by atoms with Crippen molar-refractivity contribution in [1.82, 2.24) is 4.72 Å². The largest absolute Gasteiger partial charge is 0.389 e. The quantitative estimate of drug-likeness (QED) is 0.759. The van der Waals surface area contributed by atoms with Gasteiger partial charge in [-0.05, 0) is 31.0 Å². The van der Waals surface area contributed by atoms with Crippen LogP contribution in [-0.4, -0.2) is 39.4 Å². The molecule has 5 nitrogen and oxygen atoms in total. The van der Waals surface area contributed by atoms with Crippen molar-refractivity contribution >= 4 is 10.0 Å². The minimum absolute atomic E-state index is 0.0474. The highest BCUT2D eigenvalue weighted by Gasteiger charge is 2.23. The molecule has 0 saturated heterocycles. The Bertz CT molecular complexity index is 508. The first kappa shape index (κ1) is 17.1. The number of aryl methyl sites for hydroxylation is 1. The molecule has 0 bridgehead atoms. The van der Waals surface area contributed by atoms with Gasteiger partial charge in [-0.3, -0.25) is 0 Å². The maximum Gasteiger partial charge on any atom is 0.240 e. The van der Waals surface area contributed by atoms with E-state index in [-0.39, 0.29) is 11.4 Å². The van der Waals surface area contributed by atoms with E-state index in [1.54, 1.807) is 31.2 Å². The summed E-state index contributed by atoms with van der Waals surface area (Å²) < 4.78 is 31.5. The number of rotatable bonds is 8. The standard InChI is InChI=1S/C14H23NO4S/c1-4-12-5-7-13(8-6-12)20(17,18)15-11-14(2,16)9-10-19-3/h5-8,15-16H,4,9-11H2,1-3H3. The lowest BCUT2D eigenvalue weighted by atomic mass is 10.0. The molecule has 0 aliphatic carbocycles. The third kappa shape index (κ3) is 5.20. The molecule has 1 aromatic rings. The minimum atomic E-state index is -3.59. The van der Waals surface area contributed by atoms with Crippen LogP contribution in [0.3, 0.4) is 0 Å². The molecule has 1 rings (SSSR count). The Morgan fingerprint density at radius 2 is 1.90 bits per heavy atom. The van der Waals surface area contributed by atoms with Crippen molar-refractivity contribution in [2.45, 2.75) is 37.2 Å². The average molecular weight is 301 g/mol. The maximum atomic E-state index is 12.1. The lowest BCUT2D eigenvalue weighted by Crippen LogP contribution is -2.41. The summed E-state index contributed by atoms with van der Waals surface area (Å²) >= 11 is 0. The molecule has 0 heterocycles. The molecule has 1 unspecified atom stereocenters. The lowest BCUT2D eigenvalue weighted by molar-refractivity contribution is 0.0292. The van der Waals surface area contributed by atoms with E-state index in [9.17, 15) is 13.5 Å². The number of hydrogen-bond acceptors (Lipinski definition) is 4. The van der Waals surface area contributed by atoms with Crippen molar-refractivity contribution in [3.63, 3.8) is 0 Å². The topological polar surface area (TPSA) is 75.6 Å². The number of methoxy groups -OCH3 is 1. The van der Waals surface area contributed by atoms with E-state index >= 15 is 0 Å². The van der Waals surface area contributed by atoms with Crippen LogP contribution >= 0.6 is 0 Å². The van der Waals surface area contributed by atoms with E-state index in [0.717, 1.165) is 12.0 Å². The van der Waals surface area contributed by atoms with E-state index < -0.39 is 15.6 Å². The predicted molar refractivity (Wildman–Crippen MR) is 78.1 cm³/mol. The van der Waals surface area contributed by atoms with Gasteiger partial charge in [-0.25, -0.2) is 13.1 Å². The minimum Gasteiger partial charge on any atom is -0.389 e. The van der Waals surface area contributed by atoms with Gasteiger partial charge in [0.05, 0.1) is 10.5 Å². The van der Waals surface area contributed by atoms with Crippen molar-refractivity contribution in [2.75, 3.05) is 20.3 Å². The van der Waals surface area contributed by atoms with Gasteiger partial charge in [0.1, 0.15) is 0 Å². The second-order valence-electron chi connectivity index (χ2n) is 5.06. The first-order valence-electron chi connectivity index (χ1n) is 6.60. The molecule has 0 spiro atoms. The average Bonchev–Trinajstić information content (AvgIpc) is 2.43. The van der Waals surface area contributed by atoms with Gasteiger partial charge in [0.2, 0.25) is 10.0 Å². The van der Waals surface area contributed by atoms with Crippen LogP contribution in [0.4, 0.5) is 0 Å². The Balaban J connectivity index is 2.69. The van der Waals surface area contributed by atoms with E-state index in [2.05, 4.69) is 4.72 Å². The van der Waals surface area contributed by atoms with Crippen molar-refractivity contribution in [1.29, 1.82) is 0 Å². The van der Waals surface area contributed by atoms with Crippen LogP contribution in [0, 0.1) is 0 Å². The first-order chi connectivity index (χ1) is 9.30. The molecule has 0 aliphatic heterocycles. The summed E-state index contributed by atoms with van der Waals surface area (Å²) in [6.07, 6.45) is 1.22. The van der Waals surface area contributed by atoms with Gasteiger partial charge in [-0.15, -0.1) is 0 Å². The predicted octanol–water partition coefficient (Wildman–Crippen LogP) is 1.31. The number of ether oxygens (including phenoxy) is 1. The first-order valence-corrected chi connectivity index (χ1v) is 8.09. The third-order valence-corrected chi connectivity index (χ3v) is 4.55. The van der Waals surface area contributed by atoms with E-state index in [4.69, 9.17) is 4.74 Å². The normalized spacial score (nSPS) is 15.0. The van der Waals surface area contributed by atoms with Gasteiger partial charge in [-0.2, -0.15) is 0 Å². The van der Waals surface area contributed by atoms with Gasteiger partial charge >= 0.3 is 0 Å². The maximum absolute atomic E-state index is 12.1. The van der Waals surface area contributed by atoms with Crippen molar-refractivity contribution < 1.29 is 18.3 Å². The molecule has 6 heteroatoms. The van der Waals surface area contributed by atoms with Crippen LogP contribution in [-0.2, 0) is 21.2 Å². The molecule has 1 atom stereocenters. The summed E-state index contributed by atoms with van der Waals surface area (Å²) in [4.78, 5) is 0.206. The molecule has 0 aromatic heterocycles. The van der Waals surface area contributed by atoms with E-state index in [1.165, 1.54) is 7.11 Å². The van der Waals surface area contributed by atoms with Crippen molar-refractivity contribution in [2.24, 2.45) is 0 Å². The molecule has 0 saturated carbocycles. The molecule has 2 N–H and O–H groups in total. The second-order valence-corrected chi connectivity index (χ2v) is 6.83. The van der Waals surface area contributed by atoms with Gasteiger partial charge in [0.15, 0.2) is 0 Å². The SMILES string of the molecule is CCc1ccc(S(=O)(=O)NCC(C)(O)CCOC)cc1. The molecule has 0 radical (unpaired) electrons. The molecule has 0 amide bonds. The van der Waals surface area contributed by atoms with Gasteiger partial charge in [0.25, 0.3) is 0 Å². The van der Waals surface area contributed by atoms with Crippen LogP contribution in [0.5, 0.6) is 0 Å². The van der Waals surface area contributed by atoms with Gasteiger partial charge in [0, 0.05) is 26.7 Å². The summed E-state index contributed by atoms with van der Waals surface area (Å²) in [6.45, 7) is 3.91. The number of hydrogen-bond donors (Lipinski definition) is 2. The molecule has 114 valence electrons. The van der Waals surface area contributed by atoms with Crippen LogP contribution in [0.15, 0.2) is 29.2 Å². The molecule has 0 aliphatic rings. The van der Waals surface area contributed by atoms with Gasteiger partial charge < -0.3 is 9.84 Å². The summed E-state index contributed by atoms with van der Waals surface area (Å²) in [5.74, 6) is 0. The summed E-state index contributed by atoms with van der Waals surface area (Å²) in [5, 5.41) is 10.0. The summed E-state index contributed by atoms with van der Waals surface area (Å²) in [5.41, 5.74) is -0.0528. The lowest BCUT2D eigenvalue weighted by Gasteiger charge is -2.23. The number of nitrogens with one attached hydrogen (secondary N) is 1. The Morgan fingerprint density at radius 3 is 2.40 bits per heavy atom. The van der Waals surface area contributed by atoms with E-state index in [1.807, 2.05) is 6.92 Å². The monoisotopic (exact) mass is 301 g/mol. The highest BCUT2D eigenvalue weighted by molar-refractivity contribution is 7.89. The zero-order chi connectivity index (χ0) is 15.2. The van der Waals surface area contributed by atoms with Gasteiger partial charge in [-0.1, -0.05) is 19.1 Å². The molecule has 20 heavy (non-hydrogen) atoms. The third-order valence-electron chi connectivity index (χ3n) is 3.13. The molecule has 1 aromatic carbocycles. The number of benzene rings is 1. The Kier molecular flexibility index (Phi) is 6.13. The molecular weight excluding hydrogens is 278 g/mol. The van der Waals surface area contributed by atoms with Crippen LogP contribution in [0.2, 0.25) is 0 Å². The van der Waals surface area contributed by atoms with E-state index in [0.29, 0.717) is 13.0 Å². The summed E-state index contributed by atoms with van der Waals surface area (Å²) in [7, 11) is -2.06.